The SMILES string of the molecule is CC[C@H](C)C(OC(N)=O)C(=O)N1CCC[C@H]1c1ncc(-c2ccc(Br)cc2)[nH]1. The Morgan fingerprint density at radius 3 is 2.75 bits per heavy atom. The van der Waals surface area contributed by atoms with Gasteiger partial charge < -0.3 is 20.4 Å². The first-order valence-electron chi connectivity index (χ1n) is 9.48. The molecule has 8 heteroatoms. The number of likely N-dealkylation sites (tertiary alicyclic amines) is 1. The van der Waals surface area contributed by atoms with Gasteiger partial charge in [0.15, 0.2) is 6.10 Å². The smallest absolute Gasteiger partial charge is 0.405 e. The number of ether oxygens (including phenoxy) is 1. The van der Waals surface area contributed by atoms with Crippen LogP contribution < -0.4 is 5.73 Å². The number of nitrogens with zero attached hydrogens (tertiary/aromatic N) is 2. The van der Waals surface area contributed by atoms with Crippen LogP contribution in [0.1, 0.15) is 45.0 Å². The van der Waals surface area contributed by atoms with Gasteiger partial charge in [-0.3, -0.25) is 4.79 Å². The maximum Gasteiger partial charge on any atom is 0.405 e. The Labute approximate surface area is 172 Å². The maximum atomic E-state index is 13.1. The Bertz CT molecular complexity index is 836. The molecule has 1 unspecified atom stereocenters. The van der Waals surface area contributed by atoms with Gasteiger partial charge in [-0.05, 0) is 37.0 Å². The predicted molar refractivity (Wildman–Crippen MR) is 109 cm³/mol. The van der Waals surface area contributed by atoms with E-state index >= 15 is 0 Å². The van der Waals surface area contributed by atoms with Crippen molar-refractivity contribution in [3.8, 4) is 11.3 Å². The first kappa shape index (κ1) is 20.4. The molecule has 2 amide bonds. The van der Waals surface area contributed by atoms with Crippen molar-refractivity contribution < 1.29 is 14.3 Å². The van der Waals surface area contributed by atoms with Crippen LogP contribution >= 0.6 is 15.9 Å². The standard InChI is InChI=1S/C20H25BrN4O3/c1-3-12(2)17(28-20(22)27)19(26)25-10-4-5-16(25)18-23-11-15(24-18)13-6-8-14(21)9-7-13/h6-9,11-12,16-17H,3-5,10H2,1-2H3,(H2,22,27)(H,23,24)/t12-,16-,17?/m0/s1. The first-order valence-corrected chi connectivity index (χ1v) is 10.3. The molecule has 0 spiro atoms. The number of imidazole rings is 1. The number of aromatic nitrogens is 2. The molecule has 3 N–H and O–H groups in total. The molecule has 7 nitrogen and oxygen atoms in total. The van der Waals surface area contributed by atoms with Gasteiger partial charge in [0, 0.05) is 16.9 Å². The number of amides is 2. The number of carbonyl (C=O) groups is 2. The van der Waals surface area contributed by atoms with Gasteiger partial charge in [0.05, 0.1) is 17.9 Å². The third-order valence-electron chi connectivity index (χ3n) is 5.25. The third-order valence-corrected chi connectivity index (χ3v) is 5.78. The van der Waals surface area contributed by atoms with Gasteiger partial charge in [-0.25, -0.2) is 9.78 Å². The van der Waals surface area contributed by atoms with Gasteiger partial charge in [0.2, 0.25) is 0 Å². The molecule has 2 aromatic rings. The summed E-state index contributed by atoms with van der Waals surface area (Å²) >= 11 is 3.43. The minimum absolute atomic E-state index is 0.115. The number of hydrogen-bond donors (Lipinski definition) is 2. The lowest BCUT2D eigenvalue weighted by molar-refractivity contribution is -0.144. The van der Waals surface area contributed by atoms with Crippen LogP contribution in [0, 0.1) is 5.92 Å². The summed E-state index contributed by atoms with van der Waals surface area (Å²) in [6.45, 7) is 4.44. The topological polar surface area (TPSA) is 101 Å². The second kappa shape index (κ2) is 8.77. The van der Waals surface area contributed by atoms with E-state index in [1.165, 1.54) is 0 Å². The number of aromatic amines is 1. The zero-order valence-electron chi connectivity index (χ0n) is 16.0. The molecule has 1 aromatic heterocycles. The van der Waals surface area contributed by atoms with Gasteiger partial charge in [-0.1, -0.05) is 41.9 Å². The summed E-state index contributed by atoms with van der Waals surface area (Å²) < 4.78 is 6.17. The lowest BCUT2D eigenvalue weighted by Gasteiger charge is -2.29. The number of nitrogens with two attached hydrogens (primary N) is 1. The fraction of sp³-hybridized carbons (Fsp3) is 0.450. The zero-order chi connectivity index (χ0) is 20.3. The minimum atomic E-state index is -0.926. The Morgan fingerprint density at radius 1 is 1.39 bits per heavy atom. The lowest BCUT2D eigenvalue weighted by Crippen LogP contribution is -2.45. The normalized spacial score (nSPS) is 18.7. The van der Waals surface area contributed by atoms with Crippen molar-refractivity contribution in [3.05, 3.63) is 40.8 Å². The van der Waals surface area contributed by atoms with Crippen molar-refractivity contribution in [2.45, 2.75) is 45.3 Å². The molecular formula is C20H25BrN4O3. The molecule has 150 valence electrons. The Kier molecular flexibility index (Phi) is 6.39. The van der Waals surface area contributed by atoms with E-state index in [1.54, 1.807) is 11.1 Å². The van der Waals surface area contributed by atoms with Gasteiger partial charge in [-0.15, -0.1) is 0 Å². The number of H-pyrrole nitrogens is 1. The molecule has 1 saturated heterocycles. The fourth-order valence-electron chi connectivity index (χ4n) is 3.51. The molecule has 3 atom stereocenters. The van der Waals surface area contributed by atoms with Crippen molar-refractivity contribution in [2.24, 2.45) is 11.7 Å². The highest BCUT2D eigenvalue weighted by Crippen LogP contribution is 2.33. The highest BCUT2D eigenvalue weighted by Gasteiger charge is 2.38. The Balaban J connectivity index is 1.81. The van der Waals surface area contributed by atoms with E-state index in [0.717, 1.165) is 34.4 Å². The molecule has 1 aromatic carbocycles. The number of carbonyl (C=O) groups excluding carboxylic acids is 2. The summed E-state index contributed by atoms with van der Waals surface area (Å²) in [7, 11) is 0. The van der Waals surface area contributed by atoms with Crippen molar-refractivity contribution >= 4 is 27.9 Å². The van der Waals surface area contributed by atoms with Crippen molar-refractivity contribution in [3.63, 3.8) is 0 Å². The van der Waals surface area contributed by atoms with Gasteiger partial charge >= 0.3 is 6.09 Å². The van der Waals surface area contributed by atoms with Crippen LogP contribution in [0.3, 0.4) is 0 Å². The van der Waals surface area contributed by atoms with E-state index in [2.05, 4.69) is 25.9 Å². The fourth-order valence-corrected chi connectivity index (χ4v) is 3.77. The molecule has 0 saturated carbocycles. The lowest BCUT2D eigenvalue weighted by atomic mass is 10.00. The number of primary amides is 1. The summed E-state index contributed by atoms with van der Waals surface area (Å²) in [5, 5.41) is 0. The van der Waals surface area contributed by atoms with Gasteiger partial charge in [0.25, 0.3) is 5.91 Å². The Hall–Kier alpha value is -2.35. The van der Waals surface area contributed by atoms with E-state index in [-0.39, 0.29) is 17.9 Å². The molecule has 1 fully saturated rings. The van der Waals surface area contributed by atoms with Gasteiger partial charge in [-0.2, -0.15) is 0 Å². The largest absolute Gasteiger partial charge is 0.436 e. The first-order chi connectivity index (χ1) is 13.4. The van der Waals surface area contributed by atoms with Crippen LogP contribution in [0.2, 0.25) is 0 Å². The highest BCUT2D eigenvalue weighted by atomic mass is 79.9. The second-order valence-corrected chi connectivity index (χ2v) is 8.04. The van der Waals surface area contributed by atoms with Crippen LogP contribution in [0.4, 0.5) is 4.79 Å². The average Bonchev–Trinajstić information content (AvgIpc) is 3.34. The van der Waals surface area contributed by atoms with E-state index in [4.69, 9.17) is 10.5 Å². The second-order valence-electron chi connectivity index (χ2n) is 7.12. The number of hydrogen-bond acceptors (Lipinski definition) is 4. The summed E-state index contributed by atoms with van der Waals surface area (Å²) in [4.78, 5) is 34.0. The summed E-state index contributed by atoms with van der Waals surface area (Å²) in [6, 6.07) is 7.77. The maximum absolute atomic E-state index is 13.1. The van der Waals surface area contributed by atoms with Crippen LogP contribution in [0.5, 0.6) is 0 Å². The molecule has 0 bridgehead atoms. The highest BCUT2D eigenvalue weighted by molar-refractivity contribution is 9.10. The molecule has 3 rings (SSSR count). The molecule has 1 aliphatic heterocycles. The number of benzene rings is 1. The van der Waals surface area contributed by atoms with Gasteiger partial charge in [0.1, 0.15) is 5.82 Å². The van der Waals surface area contributed by atoms with E-state index in [9.17, 15) is 9.59 Å². The molecule has 0 radical (unpaired) electrons. The van der Waals surface area contributed by atoms with E-state index in [0.29, 0.717) is 13.0 Å². The van der Waals surface area contributed by atoms with Crippen LogP contribution in [-0.2, 0) is 9.53 Å². The third kappa shape index (κ3) is 4.38. The van der Waals surface area contributed by atoms with Crippen molar-refractivity contribution in [1.29, 1.82) is 0 Å². The molecule has 0 aliphatic carbocycles. The van der Waals surface area contributed by atoms with Crippen molar-refractivity contribution in [2.75, 3.05) is 6.54 Å². The predicted octanol–water partition coefficient (Wildman–Crippen LogP) is 4.01. The van der Waals surface area contributed by atoms with Crippen molar-refractivity contribution in [1.82, 2.24) is 14.9 Å². The summed E-state index contributed by atoms with van der Waals surface area (Å²) in [5.41, 5.74) is 7.11. The number of nitrogens with one attached hydrogen (secondary N) is 1. The summed E-state index contributed by atoms with van der Waals surface area (Å²) in [6.07, 6.45) is 2.37. The monoisotopic (exact) mass is 448 g/mol. The number of halogens is 1. The zero-order valence-corrected chi connectivity index (χ0v) is 17.6. The van der Waals surface area contributed by atoms with Crippen LogP contribution in [-0.4, -0.2) is 39.5 Å². The quantitative estimate of drug-likeness (QED) is 0.696. The molecule has 2 heterocycles. The molecular weight excluding hydrogens is 424 g/mol. The number of rotatable bonds is 6. The van der Waals surface area contributed by atoms with Crippen LogP contribution in [0.25, 0.3) is 11.3 Å². The molecule has 1 aliphatic rings. The van der Waals surface area contributed by atoms with E-state index in [1.807, 2.05) is 38.1 Å². The Morgan fingerprint density at radius 2 is 2.11 bits per heavy atom. The minimum Gasteiger partial charge on any atom is -0.436 e. The van der Waals surface area contributed by atoms with Crippen LogP contribution in [0.15, 0.2) is 34.9 Å². The molecule has 28 heavy (non-hydrogen) atoms. The average molecular weight is 449 g/mol. The van der Waals surface area contributed by atoms with E-state index < -0.39 is 12.2 Å². The summed E-state index contributed by atoms with van der Waals surface area (Å²) in [5.74, 6) is 0.416.